The van der Waals surface area contributed by atoms with Gasteiger partial charge in [-0.2, -0.15) is 0 Å². The van der Waals surface area contributed by atoms with E-state index in [0.29, 0.717) is 17.1 Å². The van der Waals surface area contributed by atoms with Gasteiger partial charge in [-0.1, -0.05) is 37.6 Å². The highest BCUT2D eigenvalue weighted by molar-refractivity contribution is 7.80. The van der Waals surface area contributed by atoms with Crippen molar-refractivity contribution in [3.8, 4) is 0 Å². The van der Waals surface area contributed by atoms with Crippen LogP contribution in [0, 0.1) is 0 Å². The van der Waals surface area contributed by atoms with E-state index in [9.17, 15) is 0 Å². The molecule has 0 aromatic heterocycles. The molecule has 19 heavy (non-hydrogen) atoms. The van der Waals surface area contributed by atoms with Gasteiger partial charge < -0.3 is 10.2 Å². The van der Waals surface area contributed by atoms with Crippen LogP contribution in [0.4, 0.5) is 5.69 Å². The summed E-state index contributed by atoms with van der Waals surface area (Å²) in [6.45, 7) is 8.76. The standard InChI is InChI=1S/C15H23ClN2S/c1-5-11(3)18(12(4)6-2)15(19)17-14-10-8-7-9-13(14)16/h7-12H,5-6H2,1-4H3,(H,17,19). The summed E-state index contributed by atoms with van der Waals surface area (Å²) < 4.78 is 0. The van der Waals surface area contributed by atoms with Crippen LogP contribution in [-0.2, 0) is 0 Å². The Morgan fingerprint density at radius 2 is 1.74 bits per heavy atom. The highest BCUT2D eigenvalue weighted by Gasteiger charge is 2.21. The number of halogens is 1. The van der Waals surface area contributed by atoms with Gasteiger partial charge in [0, 0.05) is 12.1 Å². The van der Waals surface area contributed by atoms with Crippen LogP contribution in [0.15, 0.2) is 24.3 Å². The number of hydrogen-bond donors (Lipinski definition) is 1. The summed E-state index contributed by atoms with van der Waals surface area (Å²) in [7, 11) is 0. The number of anilines is 1. The first-order chi connectivity index (χ1) is 9.01. The summed E-state index contributed by atoms with van der Waals surface area (Å²) in [5, 5.41) is 4.71. The third kappa shape index (κ3) is 4.36. The van der Waals surface area contributed by atoms with Gasteiger partial charge in [0.25, 0.3) is 0 Å². The lowest BCUT2D eigenvalue weighted by Crippen LogP contribution is -2.46. The van der Waals surface area contributed by atoms with E-state index in [2.05, 4.69) is 37.9 Å². The Labute approximate surface area is 127 Å². The third-order valence-electron chi connectivity index (χ3n) is 3.48. The predicted molar refractivity (Wildman–Crippen MR) is 89.0 cm³/mol. The first-order valence-electron chi connectivity index (χ1n) is 6.85. The molecule has 0 aliphatic heterocycles. The normalized spacial score (nSPS) is 13.7. The van der Waals surface area contributed by atoms with E-state index in [0.717, 1.165) is 23.6 Å². The average molecular weight is 299 g/mol. The fraction of sp³-hybridized carbons (Fsp3) is 0.533. The van der Waals surface area contributed by atoms with Gasteiger partial charge in [0.1, 0.15) is 0 Å². The molecule has 0 heterocycles. The van der Waals surface area contributed by atoms with Crippen molar-refractivity contribution in [3.05, 3.63) is 29.3 Å². The van der Waals surface area contributed by atoms with Gasteiger partial charge in [-0.25, -0.2) is 0 Å². The lowest BCUT2D eigenvalue weighted by atomic mass is 10.1. The van der Waals surface area contributed by atoms with Gasteiger partial charge in [-0.05, 0) is 51.0 Å². The van der Waals surface area contributed by atoms with Gasteiger partial charge in [0.15, 0.2) is 5.11 Å². The van der Waals surface area contributed by atoms with Crippen molar-refractivity contribution in [1.29, 1.82) is 0 Å². The van der Waals surface area contributed by atoms with Crippen molar-refractivity contribution in [1.82, 2.24) is 4.90 Å². The van der Waals surface area contributed by atoms with Crippen molar-refractivity contribution < 1.29 is 0 Å². The van der Waals surface area contributed by atoms with Crippen molar-refractivity contribution in [2.75, 3.05) is 5.32 Å². The molecule has 2 unspecified atom stereocenters. The maximum absolute atomic E-state index is 6.16. The first-order valence-corrected chi connectivity index (χ1v) is 7.63. The van der Waals surface area contributed by atoms with Gasteiger partial charge in [-0.3, -0.25) is 0 Å². The smallest absolute Gasteiger partial charge is 0.173 e. The fourth-order valence-electron chi connectivity index (χ4n) is 1.97. The second-order valence-electron chi connectivity index (χ2n) is 4.83. The van der Waals surface area contributed by atoms with E-state index < -0.39 is 0 Å². The van der Waals surface area contributed by atoms with E-state index in [1.807, 2.05) is 24.3 Å². The zero-order valence-corrected chi connectivity index (χ0v) is 13.7. The molecular formula is C15H23ClN2S. The fourth-order valence-corrected chi connectivity index (χ4v) is 2.62. The van der Waals surface area contributed by atoms with Crippen molar-refractivity contribution in [2.45, 2.75) is 52.6 Å². The lowest BCUT2D eigenvalue weighted by Gasteiger charge is -2.36. The summed E-state index contributed by atoms with van der Waals surface area (Å²) in [4.78, 5) is 2.26. The van der Waals surface area contributed by atoms with E-state index in [1.165, 1.54) is 0 Å². The maximum atomic E-state index is 6.16. The van der Waals surface area contributed by atoms with Crippen molar-refractivity contribution >= 4 is 34.6 Å². The van der Waals surface area contributed by atoms with E-state index >= 15 is 0 Å². The topological polar surface area (TPSA) is 15.3 Å². The maximum Gasteiger partial charge on any atom is 0.173 e. The summed E-state index contributed by atoms with van der Waals surface area (Å²) in [5.74, 6) is 0. The van der Waals surface area contributed by atoms with Crippen LogP contribution >= 0.6 is 23.8 Å². The lowest BCUT2D eigenvalue weighted by molar-refractivity contribution is 0.254. The van der Waals surface area contributed by atoms with E-state index in [-0.39, 0.29) is 0 Å². The minimum atomic E-state index is 0.414. The number of hydrogen-bond acceptors (Lipinski definition) is 1. The molecule has 0 amide bonds. The molecule has 0 bridgehead atoms. The number of nitrogens with zero attached hydrogens (tertiary/aromatic N) is 1. The molecule has 4 heteroatoms. The molecule has 2 atom stereocenters. The second-order valence-corrected chi connectivity index (χ2v) is 5.63. The van der Waals surface area contributed by atoms with Crippen LogP contribution in [0.25, 0.3) is 0 Å². The molecule has 106 valence electrons. The molecule has 0 aliphatic carbocycles. The number of benzene rings is 1. The van der Waals surface area contributed by atoms with Gasteiger partial charge in [0.05, 0.1) is 10.7 Å². The molecule has 1 N–H and O–H groups in total. The molecule has 0 radical (unpaired) electrons. The van der Waals surface area contributed by atoms with Crippen LogP contribution in [0.5, 0.6) is 0 Å². The second kappa shape index (κ2) is 7.71. The Morgan fingerprint density at radius 1 is 1.21 bits per heavy atom. The molecule has 1 rings (SSSR count). The largest absolute Gasteiger partial charge is 0.344 e. The van der Waals surface area contributed by atoms with Crippen LogP contribution in [-0.4, -0.2) is 22.1 Å². The Morgan fingerprint density at radius 3 is 2.21 bits per heavy atom. The highest BCUT2D eigenvalue weighted by atomic mass is 35.5. The third-order valence-corrected chi connectivity index (χ3v) is 4.12. The Hall–Kier alpha value is -0.800. The average Bonchev–Trinajstić information content (AvgIpc) is 2.41. The molecule has 1 aromatic rings. The summed E-state index contributed by atoms with van der Waals surface area (Å²) >= 11 is 11.7. The SMILES string of the molecule is CCC(C)N(C(=S)Nc1ccccc1Cl)C(C)CC. The van der Waals surface area contributed by atoms with Gasteiger partial charge >= 0.3 is 0 Å². The van der Waals surface area contributed by atoms with Crippen LogP contribution in [0.1, 0.15) is 40.5 Å². The first kappa shape index (κ1) is 16.3. The molecule has 0 saturated heterocycles. The number of nitrogens with one attached hydrogen (secondary N) is 1. The monoisotopic (exact) mass is 298 g/mol. The Kier molecular flexibility index (Phi) is 6.59. The molecular weight excluding hydrogens is 276 g/mol. The van der Waals surface area contributed by atoms with Crippen LogP contribution in [0.3, 0.4) is 0 Å². The summed E-state index contributed by atoms with van der Waals surface area (Å²) in [6, 6.07) is 8.50. The molecule has 0 aliphatic rings. The number of rotatable bonds is 5. The highest BCUT2D eigenvalue weighted by Crippen LogP contribution is 2.22. The van der Waals surface area contributed by atoms with Crippen molar-refractivity contribution in [3.63, 3.8) is 0 Å². The van der Waals surface area contributed by atoms with Gasteiger partial charge in [0.2, 0.25) is 0 Å². The van der Waals surface area contributed by atoms with Crippen molar-refractivity contribution in [2.24, 2.45) is 0 Å². The zero-order valence-electron chi connectivity index (χ0n) is 12.1. The Balaban J connectivity index is 2.86. The predicted octanol–water partition coefficient (Wildman–Crippen LogP) is 4.94. The molecule has 1 aromatic carbocycles. The number of thiocarbonyl (C=S) groups is 1. The quantitative estimate of drug-likeness (QED) is 0.776. The van der Waals surface area contributed by atoms with Crippen LogP contribution in [0.2, 0.25) is 5.02 Å². The number of para-hydroxylation sites is 1. The molecule has 0 fully saturated rings. The Bertz CT molecular complexity index is 412. The summed E-state index contributed by atoms with van der Waals surface area (Å²) in [5.41, 5.74) is 0.866. The van der Waals surface area contributed by atoms with E-state index in [4.69, 9.17) is 23.8 Å². The zero-order chi connectivity index (χ0) is 14.4. The van der Waals surface area contributed by atoms with Gasteiger partial charge in [-0.15, -0.1) is 0 Å². The van der Waals surface area contributed by atoms with Crippen LogP contribution < -0.4 is 5.32 Å². The molecule has 2 nitrogen and oxygen atoms in total. The minimum Gasteiger partial charge on any atom is -0.344 e. The molecule has 0 spiro atoms. The minimum absolute atomic E-state index is 0.414. The van der Waals surface area contributed by atoms with E-state index in [1.54, 1.807) is 0 Å². The summed E-state index contributed by atoms with van der Waals surface area (Å²) in [6.07, 6.45) is 2.13. The molecule has 0 saturated carbocycles.